The fourth-order valence-electron chi connectivity index (χ4n) is 2.04. The van der Waals surface area contributed by atoms with E-state index in [-0.39, 0.29) is 12.4 Å². The van der Waals surface area contributed by atoms with Crippen LogP contribution in [0.15, 0.2) is 42.9 Å². The monoisotopic (exact) mass is 368 g/mol. The van der Waals surface area contributed by atoms with Gasteiger partial charge < -0.3 is 24.5 Å². The van der Waals surface area contributed by atoms with Crippen molar-refractivity contribution in [3.05, 3.63) is 42.9 Å². The normalized spacial score (nSPS) is 17.8. The number of nitrogen functional groups attached to an aromatic ring is 1. The van der Waals surface area contributed by atoms with Crippen molar-refractivity contribution < 1.29 is 25.6 Å². The van der Waals surface area contributed by atoms with Crippen LogP contribution < -0.4 is 10.3 Å². The van der Waals surface area contributed by atoms with Gasteiger partial charge >= 0.3 is 7.60 Å². The average molecular weight is 368 g/mol. The first-order chi connectivity index (χ1) is 14.0. The number of para-hydroxylation sites is 1. The number of imidazole rings is 1. The Labute approximate surface area is 151 Å². The standard InChI is InChI=1S/C15H18N5O4P/c1-11(7-20-9-19-13-14(16)17-8-18-15(13)20)23-10-25(21,22)24-12-5-3-2-4-6-12/h2-6,8-9,11H,7,10H2,1H3,(H,21,22)(H2,16,17,18)/t11-/m1/s1/i2D,3D,4D,5D,6D. The summed E-state index contributed by atoms with van der Waals surface area (Å²) in [5.74, 6) is -0.491. The zero-order valence-electron chi connectivity index (χ0n) is 18.1. The van der Waals surface area contributed by atoms with Crippen molar-refractivity contribution in [2.45, 2.75) is 19.6 Å². The van der Waals surface area contributed by atoms with Gasteiger partial charge in [0.1, 0.15) is 17.6 Å². The minimum atomic E-state index is -4.48. The Kier molecular flexibility index (Phi) is 3.44. The predicted octanol–water partition coefficient (Wildman–Crippen LogP) is 2.04. The quantitative estimate of drug-likeness (QED) is 0.607. The zero-order valence-corrected chi connectivity index (χ0v) is 14.0. The van der Waals surface area contributed by atoms with Gasteiger partial charge in [-0.05, 0) is 19.0 Å². The van der Waals surface area contributed by atoms with Crippen molar-refractivity contribution in [1.82, 2.24) is 19.5 Å². The number of anilines is 1. The third kappa shape index (κ3) is 4.33. The minimum Gasteiger partial charge on any atom is -0.423 e. The SMILES string of the molecule is [2H]c1c([2H])c([2H])c(OP(=O)(O)CO[C@H](C)Cn2cnc3c(N)ncnc32)c([2H])c1[2H]. The third-order valence-corrected chi connectivity index (χ3v) is 4.06. The summed E-state index contributed by atoms with van der Waals surface area (Å²) in [5.41, 5.74) is 6.62. The van der Waals surface area contributed by atoms with Gasteiger partial charge in [0.25, 0.3) is 0 Å². The summed E-state index contributed by atoms with van der Waals surface area (Å²) < 4.78 is 62.5. The molecule has 9 nitrogen and oxygen atoms in total. The maximum atomic E-state index is 12.4. The van der Waals surface area contributed by atoms with Crippen LogP contribution in [0.25, 0.3) is 11.2 Å². The van der Waals surface area contributed by atoms with Gasteiger partial charge in [0.15, 0.2) is 17.8 Å². The van der Waals surface area contributed by atoms with Crippen LogP contribution in [-0.2, 0) is 15.8 Å². The maximum Gasteiger partial charge on any atom is 0.402 e. The van der Waals surface area contributed by atoms with E-state index in [1.807, 2.05) is 0 Å². The van der Waals surface area contributed by atoms with Gasteiger partial charge in [0.05, 0.1) is 25.8 Å². The first kappa shape index (κ1) is 12.0. The topological polar surface area (TPSA) is 125 Å². The first-order valence-electron chi connectivity index (χ1n) is 9.63. The Balaban J connectivity index is 1.69. The molecule has 3 N–H and O–H groups in total. The summed E-state index contributed by atoms with van der Waals surface area (Å²) in [7, 11) is -4.48. The van der Waals surface area contributed by atoms with E-state index in [1.54, 1.807) is 11.5 Å². The molecule has 10 heteroatoms. The summed E-state index contributed by atoms with van der Waals surface area (Å²) in [4.78, 5) is 22.1. The average Bonchev–Trinajstić information content (AvgIpc) is 3.11. The Morgan fingerprint density at radius 2 is 2.12 bits per heavy atom. The van der Waals surface area contributed by atoms with E-state index in [4.69, 9.17) is 21.8 Å². The molecule has 25 heavy (non-hydrogen) atoms. The molecular formula is C15H18N5O4P. The van der Waals surface area contributed by atoms with Crippen LogP contribution >= 0.6 is 7.60 Å². The maximum absolute atomic E-state index is 12.4. The Morgan fingerprint density at radius 1 is 1.36 bits per heavy atom. The van der Waals surface area contributed by atoms with Gasteiger partial charge in [-0.15, -0.1) is 0 Å². The molecule has 0 spiro atoms. The molecule has 132 valence electrons. The van der Waals surface area contributed by atoms with Crippen LogP contribution in [0.4, 0.5) is 5.82 Å². The zero-order chi connectivity index (χ0) is 22.2. The van der Waals surface area contributed by atoms with E-state index in [9.17, 15) is 9.46 Å². The molecule has 2 atom stereocenters. The molecule has 2 aromatic heterocycles. The van der Waals surface area contributed by atoms with Crippen LogP contribution in [-0.4, -0.2) is 36.9 Å². The van der Waals surface area contributed by atoms with Gasteiger partial charge in [0, 0.05) is 0 Å². The highest BCUT2D eigenvalue weighted by Gasteiger charge is 2.23. The highest BCUT2D eigenvalue weighted by atomic mass is 31.2. The molecule has 0 aliphatic heterocycles. The van der Waals surface area contributed by atoms with Crippen LogP contribution in [0.5, 0.6) is 5.75 Å². The van der Waals surface area contributed by atoms with Crippen LogP contribution in [0.2, 0.25) is 0 Å². The first-order valence-corrected chi connectivity index (χ1v) is 8.89. The number of hydrogen-bond acceptors (Lipinski definition) is 7. The fourth-order valence-corrected chi connectivity index (χ4v) is 2.91. The largest absolute Gasteiger partial charge is 0.423 e. The summed E-state index contributed by atoms with van der Waals surface area (Å²) in [6.07, 6.45) is 1.43. The van der Waals surface area contributed by atoms with Crippen molar-refractivity contribution in [3.8, 4) is 5.75 Å². The summed E-state index contributed by atoms with van der Waals surface area (Å²) in [5, 5.41) is 0. The number of benzene rings is 1. The molecule has 0 bridgehead atoms. The molecule has 0 aliphatic rings. The highest BCUT2D eigenvalue weighted by Crippen LogP contribution is 2.42. The lowest BCUT2D eigenvalue weighted by molar-refractivity contribution is 0.0772. The van der Waals surface area contributed by atoms with Crippen LogP contribution in [0.1, 0.15) is 13.8 Å². The molecule has 0 radical (unpaired) electrons. The van der Waals surface area contributed by atoms with E-state index in [0.717, 1.165) is 0 Å². The molecule has 3 aromatic rings. The van der Waals surface area contributed by atoms with E-state index >= 15 is 0 Å². The van der Waals surface area contributed by atoms with Crippen molar-refractivity contribution >= 4 is 24.6 Å². The van der Waals surface area contributed by atoms with Crippen molar-refractivity contribution in [3.63, 3.8) is 0 Å². The van der Waals surface area contributed by atoms with Gasteiger partial charge in [-0.25, -0.2) is 19.5 Å². The lowest BCUT2D eigenvalue weighted by Crippen LogP contribution is -2.18. The van der Waals surface area contributed by atoms with Gasteiger partial charge in [-0.1, -0.05) is 18.1 Å². The predicted molar refractivity (Wildman–Crippen MR) is 92.0 cm³/mol. The number of rotatable bonds is 7. The van der Waals surface area contributed by atoms with Crippen molar-refractivity contribution in [2.24, 2.45) is 0 Å². The molecule has 3 rings (SSSR count). The Morgan fingerprint density at radius 3 is 2.88 bits per heavy atom. The molecule has 0 fully saturated rings. The second kappa shape index (κ2) is 7.18. The van der Waals surface area contributed by atoms with E-state index in [0.29, 0.717) is 11.2 Å². The number of ether oxygens (including phenoxy) is 1. The van der Waals surface area contributed by atoms with Crippen molar-refractivity contribution in [1.29, 1.82) is 0 Å². The lowest BCUT2D eigenvalue weighted by Gasteiger charge is -2.17. The Bertz CT molecular complexity index is 1130. The lowest BCUT2D eigenvalue weighted by atomic mass is 10.3. The molecular weight excluding hydrogens is 345 g/mol. The molecule has 1 unspecified atom stereocenters. The number of hydrogen-bond donors (Lipinski definition) is 2. The summed E-state index contributed by atoms with van der Waals surface area (Å²) in [6, 6.07) is -3.41. The third-order valence-electron chi connectivity index (χ3n) is 3.12. The highest BCUT2D eigenvalue weighted by molar-refractivity contribution is 7.53. The second-order valence-electron chi connectivity index (χ2n) is 5.12. The van der Waals surface area contributed by atoms with Crippen LogP contribution in [0.3, 0.4) is 0 Å². The van der Waals surface area contributed by atoms with E-state index in [1.165, 1.54) is 12.7 Å². The number of nitrogens with zero attached hydrogens (tertiary/aromatic N) is 4. The van der Waals surface area contributed by atoms with E-state index in [2.05, 4.69) is 15.0 Å². The molecule has 2 heterocycles. The fraction of sp³-hybridized carbons (Fsp3) is 0.267. The number of nitrogens with two attached hydrogens (primary N) is 1. The Hall–Kier alpha value is -2.48. The summed E-state index contributed by atoms with van der Waals surface area (Å²) >= 11 is 0. The smallest absolute Gasteiger partial charge is 0.402 e. The van der Waals surface area contributed by atoms with Gasteiger partial charge in [-0.2, -0.15) is 0 Å². The molecule has 0 saturated heterocycles. The van der Waals surface area contributed by atoms with Gasteiger partial charge in [0.2, 0.25) is 0 Å². The summed E-state index contributed by atoms with van der Waals surface area (Å²) in [6.45, 7) is 1.86. The number of aromatic nitrogens is 4. The molecule has 0 saturated carbocycles. The van der Waals surface area contributed by atoms with E-state index < -0.39 is 56.0 Å². The van der Waals surface area contributed by atoms with Crippen molar-refractivity contribution in [2.75, 3.05) is 12.1 Å². The van der Waals surface area contributed by atoms with Crippen LogP contribution in [0, 0.1) is 0 Å². The molecule has 0 amide bonds. The molecule has 0 aliphatic carbocycles. The van der Waals surface area contributed by atoms with Gasteiger partial charge in [-0.3, -0.25) is 0 Å². The number of fused-ring (bicyclic) bond motifs is 1. The molecule has 1 aromatic carbocycles. The minimum absolute atomic E-state index is 0.221. The second-order valence-corrected chi connectivity index (χ2v) is 6.83.